The third kappa shape index (κ3) is 4.34. The number of nitrogens with zero attached hydrogens (tertiary/aromatic N) is 2. The van der Waals surface area contributed by atoms with Crippen molar-refractivity contribution in [3.63, 3.8) is 0 Å². The quantitative estimate of drug-likeness (QED) is 0.854. The van der Waals surface area contributed by atoms with Crippen molar-refractivity contribution in [3.05, 3.63) is 29.6 Å². The Hall–Kier alpha value is -1.70. The summed E-state index contributed by atoms with van der Waals surface area (Å²) < 4.78 is 24.7. The fraction of sp³-hybridized carbons (Fsp3) is 0.632. The summed E-state index contributed by atoms with van der Waals surface area (Å²) >= 11 is 0. The number of methoxy groups -OCH3 is 1. The molecule has 7 heteroatoms. The molecule has 0 spiro atoms. The smallest absolute Gasteiger partial charge is 0.256 e. The van der Waals surface area contributed by atoms with E-state index >= 15 is 0 Å². The Morgan fingerprint density at radius 1 is 1.27 bits per heavy atom. The van der Waals surface area contributed by atoms with E-state index < -0.39 is 5.60 Å². The van der Waals surface area contributed by atoms with Crippen molar-refractivity contribution < 1.29 is 23.8 Å². The molecule has 144 valence electrons. The summed E-state index contributed by atoms with van der Waals surface area (Å²) in [5, 5.41) is 11.0. The molecule has 2 heterocycles. The highest BCUT2D eigenvalue weighted by molar-refractivity contribution is 5.86. The fourth-order valence-corrected chi connectivity index (χ4v) is 3.69. The van der Waals surface area contributed by atoms with Gasteiger partial charge in [-0.3, -0.25) is 9.69 Å². The van der Waals surface area contributed by atoms with Crippen LogP contribution in [0.4, 0.5) is 4.39 Å². The lowest BCUT2D eigenvalue weighted by Gasteiger charge is -2.40. The fourth-order valence-electron chi connectivity index (χ4n) is 3.69. The van der Waals surface area contributed by atoms with E-state index in [1.165, 1.54) is 13.2 Å². The highest BCUT2D eigenvalue weighted by Gasteiger charge is 2.43. The zero-order valence-electron chi connectivity index (χ0n) is 15.2. The number of benzene rings is 1. The second-order valence-electron chi connectivity index (χ2n) is 7.06. The number of amides is 1. The molecule has 1 N–H and O–H groups in total. The van der Waals surface area contributed by atoms with Crippen molar-refractivity contribution in [3.8, 4) is 5.75 Å². The summed E-state index contributed by atoms with van der Waals surface area (Å²) in [6.45, 7) is 3.79. The van der Waals surface area contributed by atoms with Crippen molar-refractivity contribution in [1.29, 1.82) is 0 Å². The van der Waals surface area contributed by atoms with Crippen LogP contribution in [0.2, 0.25) is 0 Å². The van der Waals surface area contributed by atoms with Crippen LogP contribution in [-0.2, 0) is 16.1 Å². The Bertz CT molecular complexity index is 634. The molecule has 0 radical (unpaired) electrons. The number of likely N-dealkylation sites (tertiary alicyclic amines) is 1. The Morgan fingerprint density at radius 2 is 2.12 bits per heavy atom. The standard InChI is InChI=1S/C19H27FN2O4/c1-25-16-4-5-17(20)15(12-16)13-22-8-2-6-19(24,18(22)23)14-21-7-3-10-26-11-9-21/h4-5,12,24H,2-3,6-11,13-14H2,1H3/t19-/m0/s1. The van der Waals surface area contributed by atoms with Gasteiger partial charge in [-0.05, 0) is 37.5 Å². The van der Waals surface area contributed by atoms with Crippen molar-refractivity contribution in [2.24, 2.45) is 0 Å². The molecule has 1 atom stereocenters. The van der Waals surface area contributed by atoms with Gasteiger partial charge < -0.3 is 19.5 Å². The summed E-state index contributed by atoms with van der Waals surface area (Å²) in [7, 11) is 1.52. The molecular weight excluding hydrogens is 339 g/mol. The molecule has 2 aliphatic rings. The molecule has 2 saturated heterocycles. The second-order valence-corrected chi connectivity index (χ2v) is 7.06. The van der Waals surface area contributed by atoms with Crippen molar-refractivity contribution in [2.45, 2.75) is 31.4 Å². The van der Waals surface area contributed by atoms with Crippen LogP contribution < -0.4 is 4.74 Å². The van der Waals surface area contributed by atoms with E-state index in [1.807, 2.05) is 0 Å². The number of rotatable bonds is 5. The van der Waals surface area contributed by atoms with Gasteiger partial charge in [0.2, 0.25) is 0 Å². The van der Waals surface area contributed by atoms with E-state index in [2.05, 4.69) is 4.90 Å². The molecule has 0 aliphatic carbocycles. The zero-order valence-corrected chi connectivity index (χ0v) is 15.2. The van der Waals surface area contributed by atoms with Crippen molar-refractivity contribution >= 4 is 5.91 Å². The maximum Gasteiger partial charge on any atom is 0.256 e. The molecular formula is C19H27FN2O4. The molecule has 0 aromatic heterocycles. The van der Waals surface area contributed by atoms with E-state index in [0.29, 0.717) is 57.0 Å². The third-order valence-corrected chi connectivity index (χ3v) is 5.12. The van der Waals surface area contributed by atoms with E-state index in [0.717, 1.165) is 13.0 Å². The number of hydrogen-bond donors (Lipinski definition) is 1. The number of aliphatic hydroxyl groups is 1. The maximum atomic E-state index is 14.1. The summed E-state index contributed by atoms with van der Waals surface area (Å²) in [6, 6.07) is 4.49. The van der Waals surface area contributed by atoms with Crippen LogP contribution in [0.5, 0.6) is 5.75 Å². The van der Waals surface area contributed by atoms with Gasteiger partial charge >= 0.3 is 0 Å². The summed E-state index contributed by atoms with van der Waals surface area (Å²) in [5.41, 5.74) is -1.03. The van der Waals surface area contributed by atoms with Crippen LogP contribution in [-0.4, -0.2) is 72.9 Å². The first kappa shape index (κ1) is 19.1. The highest BCUT2D eigenvalue weighted by Crippen LogP contribution is 2.27. The van der Waals surface area contributed by atoms with Crippen LogP contribution in [0.3, 0.4) is 0 Å². The minimum absolute atomic E-state index is 0.132. The number of piperidine rings is 1. The van der Waals surface area contributed by atoms with Gasteiger partial charge in [0.25, 0.3) is 5.91 Å². The van der Waals surface area contributed by atoms with E-state index in [1.54, 1.807) is 17.0 Å². The van der Waals surface area contributed by atoms with Gasteiger partial charge in [-0.2, -0.15) is 0 Å². The van der Waals surface area contributed by atoms with E-state index in [9.17, 15) is 14.3 Å². The molecule has 1 aromatic carbocycles. The minimum atomic E-state index is -1.42. The first-order chi connectivity index (χ1) is 12.5. The van der Waals surface area contributed by atoms with Gasteiger partial charge in [0.1, 0.15) is 11.6 Å². The molecule has 0 bridgehead atoms. The summed E-state index contributed by atoms with van der Waals surface area (Å²) in [5.74, 6) is -0.154. The van der Waals surface area contributed by atoms with Gasteiger partial charge in [-0.25, -0.2) is 4.39 Å². The van der Waals surface area contributed by atoms with E-state index in [4.69, 9.17) is 9.47 Å². The maximum absolute atomic E-state index is 14.1. The lowest BCUT2D eigenvalue weighted by atomic mass is 9.90. The topological polar surface area (TPSA) is 62.2 Å². The number of hydrogen-bond acceptors (Lipinski definition) is 5. The molecule has 0 unspecified atom stereocenters. The number of β-amino-alcohol motifs (C(OH)–C–C–N with tert-alkyl or cyclic N) is 1. The SMILES string of the molecule is COc1ccc(F)c(CN2CCC[C@](O)(CN3CCCOCC3)C2=O)c1. The molecule has 2 fully saturated rings. The van der Waals surface area contributed by atoms with Gasteiger partial charge in [0, 0.05) is 44.9 Å². The average molecular weight is 366 g/mol. The Balaban J connectivity index is 1.70. The summed E-state index contributed by atoms with van der Waals surface area (Å²) in [6.07, 6.45) is 2.02. The number of carbonyl (C=O) groups excluding carboxylic acids is 1. The number of carbonyl (C=O) groups is 1. The predicted octanol–water partition coefficient (Wildman–Crippen LogP) is 1.41. The van der Waals surface area contributed by atoms with Crippen molar-refractivity contribution in [1.82, 2.24) is 9.80 Å². The van der Waals surface area contributed by atoms with Crippen LogP contribution in [0.25, 0.3) is 0 Å². The first-order valence-electron chi connectivity index (χ1n) is 9.16. The first-order valence-corrected chi connectivity index (χ1v) is 9.16. The molecule has 6 nitrogen and oxygen atoms in total. The van der Waals surface area contributed by atoms with Gasteiger partial charge in [0.05, 0.1) is 13.7 Å². The lowest BCUT2D eigenvalue weighted by Crippen LogP contribution is -2.58. The Morgan fingerprint density at radius 3 is 2.92 bits per heavy atom. The largest absolute Gasteiger partial charge is 0.497 e. The predicted molar refractivity (Wildman–Crippen MR) is 94.4 cm³/mol. The number of halogens is 1. The molecule has 1 amide bonds. The molecule has 1 aromatic rings. The van der Waals surface area contributed by atoms with Crippen LogP contribution in [0.1, 0.15) is 24.8 Å². The lowest BCUT2D eigenvalue weighted by molar-refractivity contribution is -0.160. The van der Waals surface area contributed by atoms with Gasteiger partial charge in [-0.15, -0.1) is 0 Å². The normalized spacial score (nSPS) is 25.2. The van der Waals surface area contributed by atoms with Gasteiger partial charge in [-0.1, -0.05) is 0 Å². The molecule has 2 aliphatic heterocycles. The number of ether oxygens (including phenoxy) is 2. The average Bonchev–Trinajstić information content (AvgIpc) is 2.89. The highest BCUT2D eigenvalue weighted by atomic mass is 19.1. The zero-order chi connectivity index (χ0) is 18.6. The molecule has 0 saturated carbocycles. The summed E-state index contributed by atoms with van der Waals surface area (Å²) in [4.78, 5) is 16.6. The Kier molecular flexibility index (Phi) is 6.11. The van der Waals surface area contributed by atoms with Crippen LogP contribution in [0.15, 0.2) is 18.2 Å². The Labute approximate surface area is 153 Å². The monoisotopic (exact) mass is 366 g/mol. The second kappa shape index (κ2) is 8.33. The van der Waals surface area contributed by atoms with Crippen molar-refractivity contribution in [2.75, 3.05) is 46.5 Å². The minimum Gasteiger partial charge on any atom is -0.497 e. The van der Waals surface area contributed by atoms with E-state index in [-0.39, 0.29) is 18.3 Å². The molecule has 3 rings (SSSR count). The van der Waals surface area contributed by atoms with Crippen LogP contribution >= 0.6 is 0 Å². The van der Waals surface area contributed by atoms with Crippen LogP contribution in [0, 0.1) is 5.82 Å². The molecule has 26 heavy (non-hydrogen) atoms. The van der Waals surface area contributed by atoms with Gasteiger partial charge in [0.15, 0.2) is 5.60 Å². The third-order valence-electron chi connectivity index (χ3n) is 5.12.